The van der Waals surface area contributed by atoms with Crippen LogP contribution < -0.4 is 9.47 Å². The molecular weight excluding hydrogens is 446 g/mol. The molecule has 4 rings (SSSR count). The van der Waals surface area contributed by atoms with Crippen molar-refractivity contribution in [2.24, 2.45) is 0 Å². The molecule has 9 heteroatoms. The van der Waals surface area contributed by atoms with Gasteiger partial charge in [-0.25, -0.2) is 9.78 Å². The van der Waals surface area contributed by atoms with E-state index in [9.17, 15) is 9.59 Å². The number of aromatic nitrogens is 2. The second kappa shape index (κ2) is 10.6. The molecule has 3 heterocycles. The number of piperidine rings is 1. The number of hydrogen-bond acceptors (Lipinski definition) is 6. The molecular formula is C24H26ClN3O5. The van der Waals surface area contributed by atoms with Gasteiger partial charge >= 0.3 is 5.97 Å². The highest BCUT2D eigenvalue weighted by atomic mass is 35.5. The molecule has 33 heavy (non-hydrogen) atoms. The highest BCUT2D eigenvalue weighted by Crippen LogP contribution is 2.29. The summed E-state index contributed by atoms with van der Waals surface area (Å²) in [6, 6.07) is 8.32. The van der Waals surface area contributed by atoms with Gasteiger partial charge in [0.1, 0.15) is 12.3 Å². The molecule has 0 bridgehead atoms. The van der Waals surface area contributed by atoms with Crippen LogP contribution >= 0.6 is 11.6 Å². The van der Waals surface area contributed by atoms with Crippen LogP contribution in [0.5, 0.6) is 11.5 Å². The zero-order chi connectivity index (χ0) is 23.2. The lowest BCUT2D eigenvalue weighted by atomic mass is 10.1. The lowest BCUT2D eigenvalue weighted by Crippen LogP contribution is -2.38. The molecule has 0 saturated carbocycles. The van der Waals surface area contributed by atoms with Gasteiger partial charge in [0.2, 0.25) is 0 Å². The Morgan fingerprint density at radius 3 is 2.64 bits per heavy atom. The van der Waals surface area contributed by atoms with Crippen LogP contribution in [-0.2, 0) is 16.1 Å². The zero-order valence-corrected chi connectivity index (χ0v) is 19.2. The van der Waals surface area contributed by atoms with Crippen molar-refractivity contribution < 1.29 is 23.8 Å². The molecule has 0 N–H and O–H groups in total. The van der Waals surface area contributed by atoms with Gasteiger partial charge in [0.25, 0.3) is 5.91 Å². The SMILES string of the molecule is CCOc1cc(C(=O)OCc2cn3cc(Cl)ccc3n2)ccc1OCC(=O)N1CCCCC1. The molecule has 0 spiro atoms. The molecule has 0 atom stereocenters. The van der Waals surface area contributed by atoms with Gasteiger partial charge in [-0.15, -0.1) is 0 Å². The number of imidazole rings is 1. The van der Waals surface area contributed by atoms with Crippen LogP contribution in [0.25, 0.3) is 5.65 Å². The lowest BCUT2D eigenvalue weighted by Gasteiger charge is -2.26. The average molecular weight is 472 g/mol. The molecule has 3 aromatic rings. The van der Waals surface area contributed by atoms with E-state index in [1.54, 1.807) is 47.1 Å². The zero-order valence-electron chi connectivity index (χ0n) is 18.5. The Balaban J connectivity index is 1.38. The lowest BCUT2D eigenvalue weighted by molar-refractivity contribution is -0.134. The first-order valence-corrected chi connectivity index (χ1v) is 11.4. The van der Waals surface area contributed by atoms with Gasteiger partial charge in [0.05, 0.1) is 22.9 Å². The van der Waals surface area contributed by atoms with Crippen molar-refractivity contribution in [1.29, 1.82) is 0 Å². The summed E-state index contributed by atoms with van der Waals surface area (Å²) in [6.45, 7) is 3.71. The number of ether oxygens (including phenoxy) is 3. The third kappa shape index (κ3) is 5.76. The van der Waals surface area contributed by atoms with E-state index in [0.29, 0.717) is 40.0 Å². The average Bonchev–Trinajstić information content (AvgIpc) is 3.24. The van der Waals surface area contributed by atoms with Crippen LogP contribution in [0, 0.1) is 0 Å². The fraction of sp³-hybridized carbons (Fsp3) is 0.375. The highest BCUT2D eigenvalue weighted by molar-refractivity contribution is 6.30. The predicted octanol–water partition coefficient (Wildman–Crippen LogP) is 4.13. The van der Waals surface area contributed by atoms with E-state index in [1.165, 1.54) is 0 Å². The maximum atomic E-state index is 12.6. The number of esters is 1. The normalized spacial score (nSPS) is 13.7. The third-order valence-corrected chi connectivity index (χ3v) is 5.58. The topological polar surface area (TPSA) is 82.4 Å². The summed E-state index contributed by atoms with van der Waals surface area (Å²) in [5.74, 6) is 0.244. The first kappa shape index (κ1) is 22.9. The van der Waals surface area contributed by atoms with Crippen molar-refractivity contribution in [1.82, 2.24) is 14.3 Å². The Morgan fingerprint density at radius 2 is 1.85 bits per heavy atom. The van der Waals surface area contributed by atoms with E-state index in [0.717, 1.165) is 32.4 Å². The number of benzene rings is 1. The summed E-state index contributed by atoms with van der Waals surface area (Å²) in [5, 5.41) is 0.590. The molecule has 1 aliphatic rings. The van der Waals surface area contributed by atoms with E-state index in [4.69, 9.17) is 25.8 Å². The Bertz CT molecular complexity index is 1140. The van der Waals surface area contributed by atoms with E-state index < -0.39 is 5.97 Å². The number of likely N-dealkylation sites (tertiary alicyclic amines) is 1. The van der Waals surface area contributed by atoms with Crippen LogP contribution in [0.1, 0.15) is 42.2 Å². The largest absolute Gasteiger partial charge is 0.490 e. The molecule has 174 valence electrons. The fourth-order valence-electron chi connectivity index (χ4n) is 3.71. The summed E-state index contributed by atoms with van der Waals surface area (Å²) in [6.07, 6.45) is 6.70. The second-order valence-electron chi connectivity index (χ2n) is 7.75. The number of carbonyl (C=O) groups excluding carboxylic acids is 2. The number of carbonyl (C=O) groups is 2. The van der Waals surface area contributed by atoms with Gasteiger partial charge in [-0.1, -0.05) is 11.6 Å². The van der Waals surface area contributed by atoms with E-state index >= 15 is 0 Å². The minimum atomic E-state index is -0.512. The minimum Gasteiger partial charge on any atom is -0.490 e. The van der Waals surface area contributed by atoms with E-state index in [1.807, 2.05) is 11.8 Å². The maximum absolute atomic E-state index is 12.6. The summed E-state index contributed by atoms with van der Waals surface area (Å²) in [7, 11) is 0. The maximum Gasteiger partial charge on any atom is 0.338 e. The van der Waals surface area contributed by atoms with Crippen molar-refractivity contribution in [3.05, 3.63) is 59.0 Å². The van der Waals surface area contributed by atoms with Gasteiger partial charge < -0.3 is 23.5 Å². The first-order chi connectivity index (χ1) is 16.0. The molecule has 1 aromatic carbocycles. The molecule has 1 saturated heterocycles. The van der Waals surface area contributed by atoms with Gasteiger partial charge in [-0.05, 0) is 56.5 Å². The molecule has 1 aliphatic heterocycles. The number of fused-ring (bicyclic) bond motifs is 1. The van der Waals surface area contributed by atoms with Gasteiger partial charge in [0.15, 0.2) is 18.1 Å². The van der Waals surface area contributed by atoms with Crippen molar-refractivity contribution >= 4 is 29.1 Å². The van der Waals surface area contributed by atoms with Crippen LogP contribution in [0.4, 0.5) is 0 Å². The Kier molecular flexibility index (Phi) is 7.34. The summed E-state index contributed by atoms with van der Waals surface area (Å²) < 4.78 is 18.5. The Labute approximate surface area is 197 Å². The van der Waals surface area contributed by atoms with E-state index in [-0.39, 0.29) is 19.1 Å². The van der Waals surface area contributed by atoms with Gasteiger partial charge in [-0.3, -0.25) is 4.79 Å². The minimum absolute atomic E-state index is 0.0185. The number of halogens is 1. The second-order valence-corrected chi connectivity index (χ2v) is 8.18. The molecule has 0 unspecified atom stereocenters. The number of amides is 1. The summed E-state index contributed by atoms with van der Waals surface area (Å²) in [4.78, 5) is 31.2. The van der Waals surface area contributed by atoms with Crippen LogP contribution in [-0.4, -0.2) is 52.5 Å². The summed E-state index contributed by atoms with van der Waals surface area (Å²) >= 11 is 5.99. The third-order valence-electron chi connectivity index (χ3n) is 5.36. The molecule has 2 aromatic heterocycles. The van der Waals surface area contributed by atoms with E-state index in [2.05, 4.69) is 4.98 Å². The number of rotatable bonds is 8. The van der Waals surface area contributed by atoms with Crippen molar-refractivity contribution in [3.8, 4) is 11.5 Å². The Morgan fingerprint density at radius 1 is 1.03 bits per heavy atom. The van der Waals surface area contributed by atoms with Gasteiger partial charge in [0, 0.05) is 25.5 Å². The predicted molar refractivity (Wildman–Crippen MR) is 123 cm³/mol. The molecule has 1 amide bonds. The Hall–Kier alpha value is -3.26. The first-order valence-electron chi connectivity index (χ1n) is 11.0. The van der Waals surface area contributed by atoms with Crippen molar-refractivity contribution in [2.45, 2.75) is 32.8 Å². The van der Waals surface area contributed by atoms with Crippen LogP contribution in [0.3, 0.4) is 0 Å². The molecule has 8 nitrogen and oxygen atoms in total. The monoisotopic (exact) mass is 471 g/mol. The molecule has 0 radical (unpaired) electrons. The fourth-order valence-corrected chi connectivity index (χ4v) is 3.87. The standard InChI is InChI=1S/C24H26ClN3O5/c1-2-31-21-12-17(6-8-20(21)32-16-23(29)27-10-4-3-5-11-27)24(30)33-15-19-14-28-13-18(25)7-9-22(28)26-19/h6-9,12-14H,2-5,10-11,15-16H2,1H3. The van der Waals surface area contributed by atoms with Crippen molar-refractivity contribution in [2.75, 3.05) is 26.3 Å². The molecule has 1 fully saturated rings. The number of hydrogen-bond donors (Lipinski definition) is 0. The van der Waals surface area contributed by atoms with Crippen LogP contribution in [0.15, 0.2) is 42.7 Å². The number of nitrogens with zero attached hydrogens (tertiary/aromatic N) is 3. The van der Waals surface area contributed by atoms with Crippen molar-refractivity contribution in [3.63, 3.8) is 0 Å². The quantitative estimate of drug-likeness (QED) is 0.459. The highest BCUT2D eigenvalue weighted by Gasteiger charge is 2.19. The smallest absolute Gasteiger partial charge is 0.338 e. The van der Waals surface area contributed by atoms with Gasteiger partial charge in [-0.2, -0.15) is 0 Å². The molecule has 0 aliphatic carbocycles. The summed E-state index contributed by atoms with van der Waals surface area (Å²) in [5.41, 5.74) is 1.64. The number of pyridine rings is 1. The van der Waals surface area contributed by atoms with Crippen LogP contribution in [0.2, 0.25) is 5.02 Å².